The summed E-state index contributed by atoms with van der Waals surface area (Å²) in [5, 5.41) is 14.3. The zero-order valence-electron chi connectivity index (χ0n) is 16.3. The predicted molar refractivity (Wildman–Crippen MR) is 116 cm³/mol. The lowest BCUT2D eigenvalue weighted by molar-refractivity contribution is -0.306. The van der Waals surface area contributed by atoms with Gasteiger partial charge in [-0.1, -0.05) is 18.2 Å². The number of hydrogen-bond acceptors (Lipinski definition) is 6. The van der Waals surface area contributed by atoms with E-state index in [0.29, 0.717) is 27.9 Å². The molecule has 8 nitrogen and oxygen atoms in total. The van der Waals surface area contributed by atoms with E-state index in [9.17, 15) is 19.5 Å². The molecule has 0 radical (unpaired) electrons. The number of nitrogens with zero attached hydrogens (tertiary/aromatic N) is 2. The fourth-order valence-electron chi connectivity index (χ4n) is 3.44. The van der Waals surface area contributed by atoms with Gasteiger partial charge in [-0.2, -0.15) is 0 Å². The van der Waals surface area contributed by atoms with E-state index < -0.39 is 17.8 Å². The zero-order valence-corrected chi connectivity index (χ0v) is 17.1. The summed E-state index contributed by atoms with van der Waals surface area (Å²) in [6.07, 6.45) is 3.00. The molecule has 156 valence electrons. The Bertz CT molecular complexity index is 1260. The number of ether oxygens (including phenoxy) is 1. The summed E-state index contributed by atoms with van der Waals surface area (Å²) in [6, 6.07) is 13.8. The van der Waals surface area contributed by atoms with Crippen LogP contribution in [0.2, 0.25) is 0 Å². The number of benzene rings is 2. The van der Waals surface area contributed by atoms with Crippen LogP contribution in [0, 0.1) is 0 Å². The van der Waals surface area contributed by atoms with Crippen molar-refractivity contribution in [3.63, 3.8) is 0 Å². The predicted octanol–water partition coefficient (Wildman–Crippen LogP) is 1.23. The summed E-state index contributed by atoms with van der Waals surface area (Å²) in [6.45, 7) is -0.355. The van der Waals surface area contributed by atoms with Gasteiger partial charge in [0.25, 0.3) is 11.8 Å². The number of carboxylic acids is 1. The van der Waals surface area contributed by atoms with Gasteiger partial charge in [0.15, 0.2) is 5.11 Å². The van der Waals surface area contributed by atoms with Gasteiger partial charge < -0.3 is 19.2 Å². The van der Waals surface area contributed by atoms with Crippen LogP contribution in [-0.4, -0.2) is 34.6 Å². The highest BCUT2D eigenvalue weighted by molar-refractivity contribution is 7.80. The first kappa shape index (κ1) is 20.3. The lowest BCUT2D eigenvalue weighted by Gasteiger charge is -2.29. The second-order valence-corrected chi connectivity index (χ2v) is 7.14. The number of aliphatic carboxylic acids is 1. The molecule has 3 aromatic rings. The topological polar surface area (TPSA) is 104 Å². The van der Waals surface area contributed by atoms with E-state index >= 15 is 0 Å². The number of carbonyl (C=O) groups is 3. The van der Waals surface area contributed by atoms with Gasteiger partial charge in [-0.25, -0.2) is 0 Å². The maximum Gasteiger partial charge on any atom is 0.270 e. The van der Waals surface area contributed by atoms with E-state index in [1.54, 1.807) is 54.7 Å². The molecule has 1 saturated heterocycles. The van der Waals surface area contributed by atoms with Crippen molar-refractivity contribution in [2.24, 2.45) is 0 Å². The highest BCUT2D eigenvalue weighted by Gasteiger charge is 2.34. The van der Waals surface area contributed by atoms with Crippen LogP contribution in [0.4, 0.5) is 5.69 Å². The summed E-state index contributed by atoms with van der Waals surface area (Å²) in [4.78, 5) is 38.1. The van der Waals surface area contributed by atoms with Crippen molar-refractivity contribution in [3.8, 4) is 5.75 Å². The number of para-hydroxylation sites is 1. The van der Waals surface area contributed by atoms with Crippen LogP contribution in [0.1, 0.15) is 5.56 Å². The van der Waals surface area contributed by atoms with Crippen molar-refractivity contribution in [1.82, 2.24) is 9.88 Å². The maximum atomic E-state index is 13.2. The molecule has 0 unspecified atom stereocenters. The summed E-state index contributed by atoms with van der Waals surface area (Å²) in [5.74, 6) is -1.85. The van der Waals surface area contributed by atoms with Crippen LogP contribution in [0.25, 0.3) is 17.0 Å². The minimum absolute atomic E-state index is 0.0308. The number of hydrogen-bond donors (Lipinski definition) is 1. The van der Waals surface area contributed by atoms with Gasteiger partial charge in [0.1, 0.15) is 11.3 Å². The molecule has 1 aliphatic heterocycles. The molecular formula is C22H16N3O5S-. The van der Waals surface area contributed by atoms with Gasteiger partial charge in [0.05, 0.1) is 25.3 Å². The summed E-state index contributed by atoms with van der Waals surface area (Å²) in [5.41, 5.74) is 1.52. The first-order chi connectivity index (χ1) is 14.9. The SMILES string of the molecule is COc1ccc(N2C(=O)/C(=C\c3cn(CC(=O)[O-])c4ccccc34)C(=O)NC2=S)cc1. The van der Waals surface area contributed by atoms with Crippen molar-refractivity contribution >= 4 is 57.8 Å². The molecule has 0 bridgehead atoms. The molecule has 1 aliphatic rings. The molecule has 1 aromatic heterocycles. The Kier molecular flexibility index (Phi) is 5.26. The van der Waals surface area contributed by atoms with E-state index in [0.717, 1.165) is 0 Å². The third kappa shape index (κ3) is 3.78. The van der Waals surface area contributed by atoms with Crippen LogP contribution in [-0.2, 0) is 20.9 Å². The Labute approximate surface area is 182 Å². The Hall–Kier alpha value is -3.98. The quantitative estimate of drug-likeness (QED) is 0.368. The average Bonchev–Trinajstić information content (AvgIpc) is 3.08. The van der Waals surface area contributed by atoms with Crippen LogP contribution < -0.4 is 20.1 Å². The largest absolute Gasteiger partial charge is 0.548 e. The maximum absolute atomic E-state index is 13.2. The molecular weight excluding hydrogens is 418 g/mol. The first-order valence-electron chi connectivity index (χ1n) is 9.22. The van der Waals surface area contributed by atoms with E-state index in [-0.39, 0.29) is 17.2 Å². The van der Waals surface area contributed by atoms with Crippen molar-refractivity contribution in [3.05, 3.63) is 65.9 Å². The van der Waals surface area contributed by atoms with Gasteiger partial charge >= 0.3 is 0 Å². The smallest absolute Gasteiger partial charge is 0.270 e. The molecule has 9 heteroatoms. The lowest BCUT2D eigenvalue weighted by Crippen LogP contribution is -2.54. The number of anilines is 1. The number of rotatable bonds is 5. The Morgan fingerprint density at radius 3 is 2.55 bits per heavy atom. The Balaban J connectivity index is 1.78. The average molecular weight is 434 g/mol. The fourth-order valence-corrected chi connectivity index (χ4v) is 3.72. The molecule has 0 spiro atoms. The second-order valence-electron chi connectivity index (χ2n) is 6.76. The molecule has 0 atom stereocenters. The summed E-state index contributed by atoms with van der Waals surface area (Å²) < 4.78 is 6.63. The Morgan fingerprint density at radius 1 is 1.16 bits per heavy atom. The lowest BCUT2D eigenvalue weighted by atomic mass is 10.1. The van der Waals surface area contributed by atoms with Gasteiger partial charge in [-0.05, 0) is 48.6 Å². The van der Waals surface area contributed by atoms with Crippen LogP contribution >= 0.6 is 12.2 Å². The Morgan fingerprint density at radius 2 is 1.87 bits per heavy atom. The van der Waals surface area contributed by atoms with E-state index in [1.165, 1.54) is 22.7 Å². The van der Waals surface area contributed by atoms with Crippen molar-refractivity contribution in [2.45, 2.75) is 6.54 Å². The van der Waals surface area contributed by atoms with Crippen molar-refractivity contribution < 1.29 is 24.2 Å². The number of carboxylic acid groups (broad SMARTS) is 1. The highest BCUT2D eigenvalue weighted by atomic mass is 32.1. The van der Waals surface area contributed by atoms with E-state index in [4.69, 9.17) is 17.0 Å². The number of amides is 2. The number of carbonyl (C=O) groups excluding carboxylic acids is 3. The molecule has 2 aromatic carbocycles. The third-order valence-electron chi connectivity index (χ3n) is 4.85. The van der Waals surface area contributed by atoms with Gasteiger partial charge in [0, 0.05) is 22.7 Å². The number of fused-ring (bicyclic) bond motifs is 1. The van der Waals surface area contributed by atoms with Crippen molar-refractivity contribution in [1.29, 1.82) is 0 Å². The van der Waals surface area contributed by atoms with Gasteiger partial charge in [-0.15, -0.1) is 0 Å². The third-order valence-corrected chi connectivity index (χ3v) is 5.14. The first-order valence-corrected chi connectivity index (χ1v) is 9.63. The number of thiocarbonyl (C=S) groups is 1. The van der Waals surface area contributed by atoms with E-state index in [2.05, 4.69) is 5.32 Å². The minimum Gasteiger partial charge on any atom is -0.548 e. The van der Waals surface area contributed by atoms with Crippen LogP contribution in [0.5, 0.6) is 5.75 Å². The molecule has 4 rings (SSSR count). The normalized spacial score (nSPS) is 15.5. The highest BCUT2D eigenvalue weighted by Crippen LogP contribution is 2.27. The van der Waals surface area contributed by atoms with E-state index in [1.807, 2.05) is 0 Å². The fraction of sp³-hybridized carbons (Fsp3) is 0.0909. The van der Waals surface area contributed by atoms with Gasteiger partial charge in [-0.3, -0.25) is 19.8 Å². The second kappa shape index (κ2) is 8.04. The molecule has 1 N–H and O–H groups in total. The minimum atomic E-state index is -1.25. The monoisotopic (exact) mass is 434 g/mol. The number of aromatic nitrogens is 1. The molecule has 0 saturated carbocycles. The molecule has 1 fully saturated rings. The standard InChI is InChI=1S/C22H17N3O5S/c1-30-15-8-6-14(7-9-15)25-21(29)17(20(28)23-22(25)31)10-13-11-24(12-19(26)27)18-5-3-2-4-16(13)18/h2-11H,12H2,1H3,(H,26,27)(H,23,28,31)/p-1/b17-10-. The summed E-state index contributed by atoms with van der Waals surface area (Å²) in [7, 11) is 1.53. The number of methoxy groups -OCH3 is 1. The molecule has 0 aliphatic carbocycles. The molecule has 2 amide bonds. The molecule has 31 heavy (non-hydrogen) atoms. The van der Waals surface area contributed by atoms with Gasteiger partial charge in [0.2, 0.25) is 0 Å². The van der Waals surface area contributed by atoms with Crippen molar-refractivity contribution in [2.75, 3.05) is 12.0 Å². The number of nitrogens with one attached hydrogen (secondary N) is 1. The van der Waals surface area contributed by atoms with Crippen LogP contribution in [0.3, 0.4) is 0 Å². The zero-order chi connectivity index (χ0) is 22.1. The summed E-state index contributed by atoms with van der Waals surface area (Å²) >= 11 is 5.21. The molecule has 2 heterocycles. The van der Waals surface area contributed by atoms with Crippen LogP contribution in [0.15, 0.2) is 60.3 Å².